The molecule has 15 heavy (non-hydrogen) atoms. The molecule has 0 aliphatic carbocycles. The van der Waals surface area contributed by atoms with Crippen molar-refractivity contribution in [3.8, 4) is 0 Å². The highest BCUT2D eigenvalue weighted by atomic mass is 16.1. The molecule has 0 aromatic carbocycles. The van der Waals surface area contributed by atoms with E-state index < -0.39 is 0 Å². The minimum atomic E-state index is -0.224. The summed E-state index contributed by atoms with van der Waals surface area (Å²) in [6.07, 6.45) is 2.36. The van der Waals surface area contributed by atoms with Crippen molar-refractivity contribution in [1.29, 1.82) is 0 Å². The van der Waals surface area contributed by atoms with Gasteiger partial charge in [-0.2, -0.15) is 0 Å². The second kappa shape index (κ2) is 6.08. The fourth-order valence-corrected chi connectivity index (χ4v) is 2.31. The van der Waals surface area contributed by atoms with Gasteiger partial charge in [0.15, 0.2) is 0 Å². The summed E-state index contributed by atoms with van der Waals surface area (Å²) >= 11 is 0. The predicted octanol–water partition coefficient (Wildman–Crippen LogP) is 0.182. The summed E-state index contributed by atoms with van der Waals surface area (Å²) in [6, 6.07) is 0.521. The molecule has 1 rings (SSSR count). The Morgan fingerprint density at radius 1 is 1.53 bits per heavy atom. The standard InChI is InChI=1S/C11H23N3O/c1-3-4-13-10-5-9(2)6-14(7-10)8-11(12)15/h9-10,13H,3-8H2,1-2H3,(H2,12,15). The third kappa shape index (κ3) is 4.62. The van der Waals surface area contributed by atoms with Gasteiger partial charge in [-0.1, -0.05) is 13.8 Å². The van der Waals surface area contributed by atoms with Gasteiger partial charge in [-0.3, -0.25) is 9.69 Å². The van der Waals surface area contributed by atoms with E-state index in [0.29, 0.717) is 18.5 Å². The van der Waals surface area contributed by atoms with E-state index >= 15 is 0 Å². The number of primary amides is 1. The van der Waals surface area contributed by atoms with Crippen LogP contribution in [0.25, 0.3) is 0 Å². The summed E-state index contributed by atoms with van der Waals surface area (Å²) in [5.74, 6) is 0.422. The second-order valence-corrected chi connectivity index (χ2v) is 4.65. The zero-order valence-corrected chi connectivity index (χ0v) is 9.83. The highest BCUT2D eigenvalue weighted by Crippen LogP contribution is 2.15. The van der Waals surface area contributed by atoms with Crippen molar-refractivity contribution >= 4 is 5.91 Å². The van der Waals surface area contributed by atoms with Crippen LogP contribution < -0.4 is 11.1 Å². The lowest BCUT2D eigenvalue weighted by molar-refractivity contribution is -0.119. The molecule has 0 aromatic rings. The maximum absolute atomic E-state index is 10.9. The van der Waals surface area contributed by atoms with Crippen molar-refractivity contribution in [2.45, 2.75) is 32.7 Å². The summed E-state index contributed by atoms with van der Waals surface area (Å²) < 4.78 is 0. The number of hydrogen-bond acceptors (Lipinski definition) is 3. The molecule has 3 N–H and O–H groups in total. The molecule has 0 spiro atoms. The first kappa shape index (κ1) is 12.5. The number of piperidine rings is 1. The SMILES string of the molecule is CCCNC1CC(C)CN(CC(N)=O)C1. The van der Waals surface area contributed by atoms with Gasteiger partial charge in [0.25, 0.3) is 0 Å². The molecular formula is C11H23N3O. The van der Waals surface area contributed by atoms with Crippen LogP contribution in [0.3, 0.4) is 0 Å². The molecule has 1 aliphatic rings. The van der Waals surface area contributed by atoms with E-state index in [1.54, 1.807) is 0 Å². The number of nitrogens with zero attached hydrogens (tertiary/aromatic N) is 1. The van der Waals surface area contributed by atoms with E-state index in [9.17, 15) is 4.79 Å². The number of carbonyl (C=O) groups is 1. The minimum absolute atomic E-state index is 0.224. The Morgan fingerprint density at radius 3 is 2.87 bits per heavy atom. The van der Waals surface area contributed by atoms with E-state index in [0.717, 1.165) is 26.1 Å². The van der Waals surface area contributed by atoms with Gasteiger partial charge in [0.05, 0.1) is 6.54 Å². The highest BCUT2D eigenvalue weighted by molar-refractivity contribution is 5.75. The molecule has 4 nitrogen and oxygen atoms in total. The fourth-order valence-electron chi connectivity index (χ4n) is 2.31. The van der Waals surface area contributed by atoms with Gasteiger partial charge in [0.1, 0.15) is 0 Å². The molecule has 0 radical (unpaired) electrons. The smallest absolute Gasteiger partial charge is 0.231 e. The molecule has 0 aromatic heterocycles. The first-order chi connectivity index (χ1) is 7.11. The van der Waals surface area contributed by atoms with Crippen LogP contribution in [0.2, 0.25) is 0 Å². The molecule has 0 bridgehead atoms. The van der Waals surface area contributed by atoms with Crippen molar-refractivity contribution in [2.24, 2.45) is 11.7 Å². The maximum Gasteiger partial charge on any atom is 0.231 e. The van der Waals surface area contributed by atoms with Crippen LogP contribution in [0, 0.1) is 5.92 Å². The third-order valence-corrected chi connectivity index (χ3v) is 2.80. The van der Waals surface area contributed by atoms with Gasteiger partial charge < -0.3 is 11.1 Å². The van der Waals surface area contributed by atoms with Gasteiger partial charge in [-0.25, -0.2) is 0 Å². The number of nitrogens with one attached hydrogen (secondary N) is 1. The van der Waals surface area contributed by atoms with Gasteiger partial charge in [0.2, 0.25) is 5.91 Å². The van der Waals surface area contributed by atoms with Gasteiger partial charge >= 0.3 is 0 Å². The van der Waals surface area contributed by atoms with Crippen molar-refractivity contribution in [3.63, 3.8) is 0 Å². The normalized spacial score (nSPS) is 27.9. The lowest BCUT2D eigenvalue weighted by Gasteiger charge is -2.36. The zero-order chi connectivity index (χ0) is 11.3. The second-order valence-electron chi connectivity index (χ2n) is 4.65. The average molecular weight is 213 g/mol. The lowest BCUT2D eigenvalue weighted by atomic mass is 9.96. The zero-order valence-electron chi connectivity index (χ0n) is 9.83. The molecule has 1 amide bonds. The molecule has 88 valence electrons. The third-order valence-electron chi connectivity index (χ3n) is 2.80. The van der Waals surface area contributed by atoms with Crippen LogP contribution in [0.1, 0.15) is 26.7 Å². The summed E-state index contributed by atoms with van der Waals surface area (Å²) in [7, 11) is 0. The summed E-state index contributed by atoms with van der Waals surface area (Å²) in [5, 5.41) is 3.51. The number of carbonyl (C=O) groups excluding carboxylic acids is 1. The van der Waals surface area contributed by atoms with Crippen LogP contribution in [0.4, 0.5) is 0 Å². The van der Waals surface area contributed by atoms with Crippen LogP contribution in [-0.2, 0) is 4.79 Å². The minimum Gasteiger partial charge on any atom is -0.369 e. The van der Waals surface area contributed by atoms with E-state index in [2.05, 4.69) is 24.1 Å². The first-order valence-corrected chi connectivity index (χ1v) is 5.85. The van der Waals surface area contributed by atoms with E-state index in [-0.39, 0.29) is 5.91 Å². The van der Waals surface area contributed by atoms with E-state index in [1.807, 2.05) is 0 Å². The Bertz CT molecular complexity index is 208. The average Bonchev–Trinajstić information content (AvgIpc) is 2.12. The van der Waals surface area contributed by atoms with Crippen molar-refractivity contribution in [1.82, 2.24) is 10.2 Å². The highest BCUT2D eigenvalue weighted by Gasteiger charge is 2.24. The fraction of sp³-hybridized carbons (Fsp3) is 0.909. The Hall–Kier alpha value is -0.610. The Balaban J connectivity index is 2.37. The molecule has 2 atom stereocenters. The Morgan fingerprint density at radius 2 is 2.27 bits per heavy atom. The molecule has 1 saturated heterocycles. The molecular weight excluding hydrogens is 190 g/mol. The number of amides is 1. The first-order valence-electron chi connectivity index (χ1n) is 5.85. The van der Waals surface area contributed by atoms with Crippen LogP contribution in [-0.4, -0.2) is 43.0 Å². The topological polar surface area (TPSA) is 58.4 Å². The van der Waals surface area contributed by atoms with E-state index in [1.165, 1.54) is 6.42 Å². The van der Waals surface area contributed by atoms with Gasteiger partial charge in [0, 0.05) is 19.1 Å². The monoisotopic (exact) mass is 213 g/mol. The molecule has 1 aliphatic heterocycles. The van der Waals surface area contributed by atoms with E-state index in [4.69, 9.17) is 5.73 Å². The summed E-state index contributed by atoms with van der Waals surface area (Å²) in [5.41, 5.74) is 5.21. The molecule has 4 heteroatoms. The number of likely N-dealkylation sites (tertiary alicyclic amines) is 1. The Kier molecular flexibility index (Phi) is 5.05. The Labute approximate surface area is 92.2 Å². The number of rotatable bonds is 5. The van der Waals surface area contributed by atoms with Crippen molar-refractivity contribution in [3.05, 3.63) is 0 Å². The van der Waals surface area contributed by atoms with Crippen molar-refractivity contribution in [2.75, 3.05) is 26.2 Å². The maximum atomic E-state index is 10.9. The van der Waals surface area contributed by atoms with Gasteiger partial charge in [-0.05, 0) is 25.3 Å². The summed E-state index contributed by atoms with van der Waals surface area (Å²) in [6.45, 7) is 7.80. The molecule has 0 saturated carbocycles. The van der Waals surface area contributed by atoms with Crippen LogP contribution >= 0.6 is 0 Å². The molecule has 1 heterocycles. The van der Waals surface area contributed by atoms with Gasteiger partial charge in [-0.15, -0.1) is 0 Å². The predicted molar refractivity (Wildman–Crippen MR) is 61.5 cm³/mol. The van der Waals surface area contributed by atoms with Crippen LogP contribution in [0.5, 0.6) is 0 Å². The largest absolute Gasteiger partial charge is 0.369 e. The molecule has 2 unspecified atom stereocenters. The lowest BCUT2D eigenvalue weighted by Crippen LogP contribution is -2.50. The quantitative estimate of drug-likeness (QED) is 0.685. The number of hydrogen-bond donors (Lipinski definition) is 2. The van der Waals surface area contributed by atoms with Crippen LogP contribution in [0.15, 0.2) is 0 Å². The summed E-state index contributed by atoms with van der Waals surface area (Å²) in [4.78, 5) is 13.0. The van der Waals surface area contributed by atoms with Crippen molar-refractivity contribution < 1.29 is 4.79 Å². The number of nitrogens with two attached hydrogens (primary N) is 1. The molecule has 1 fully saturated rings.